The van der Waals surface area contributed by atoms with E-state index in [1.54, 1.807) is 6.33 Å². The van der Waals surface area contributed by atoms with Gasteiger partial charge in [0.25, 0.3) is 0 Å². The van der Waals surface area contributed by atoms with Crippen molar-refractivity contribution in [2.24, 2.45) is 0 Å². The fourth-order valence-electron chi connectivity index (χ4n) is 1.85. The van der Waals surface area contributed by atoms with Gasteiger partial charge in [-0.25, -0.2) is 9.97 Å². The molecule has 0 aromatic carbocycles. The van der Waals surface area contributed by atoms with Crippen LogP contribution in [0.2, 0.25) is 0 Å². The van der Waals surface area contributed by atoms with E-state index in [0.717, 1.165) is 30.9 Å². The van der Waals surface area contributed by atoms with E-state index in [4.69, 9.17) is 0 Å². The van der Waals surface area contributed by atoms with Gasteiger partial charge >= 0.3 is 0 Å². The van der Waals surface area contributed by atoms with Gasteiger partial charge in [0.05, 0.1) is 0 Å². The van der Waals surface area contributed by atoms with Crippen LogP contribution < -0.4 is 10.6 Å². The lowest BCUT2D eigenvalue weighted by molar-refractivity contribution is 0.419. The van der Waals surface area contributed by atoms with Gasteiger partial charge in [0, 0.05) is 18.7 Å². The molecule has 1 aromatic heterocycles. The monoisotopic (exact) mass is 222 g/mol. The van der Waals surface area contributed by atoms with E-state index in [1.807, 2.05) is 13.1 Å². The quantitative estimate of drug-likeness (QED) is 0.777. The Bertz CT molecular complexity index is 312. The van der Waals surface area contributed by atoms with Gasteiger partial charge in [-0.15, -0.1) is 0 Å². The minimum absolute atomic E-state index is 0.152. The third-order valence-electron chi connectivity index (χ3n) is 3.35. The molecule has 2 N–H and O–H groups in total. The van der Waals surface area contributed by atoms with E-state index in [0.29, 0.717) is 0 Å². The van der Waals surface area contributed by atoms with Gasteiger partial charge in [-0.1, -0.05) is 20.8 Å². The normalized spacial score (nSPS) is 11.2. The van der Waals surface area contributed by atoms with Crippen molar-refractivity contribution in [1.82, 2.24) is 9.97 Å². The summed E-state index contributed by atoms with van der Waals surface area (Å²) in [5, 5.41) is 6.54. The minimum Gasteiger partial charge on any atom is -0.373 e. The molecule has 0 unspecified atom stereocenters. The molecule has 0 aliphatic heterocycles. The van der Waals surface area contributed by atoms with Crippen LogP contribution in [-0.2, 0) is 0 Å². The summed E-state index contributed by atoms with van der Waals surface area (Å²) in [7, 11) is 1.86. The van der Waals surface area contributed by atoms with E-state index < -0.39 is 0 Å². The molecule has 0 atom stereocenters. The van der Waals surface area contributed by atoms with E-state index in [9.17, 15) is 0 Å². The average Bonchev–Trinajstić information content (AvgIpc) is 2.36. The van der Waals surface area contributed by atoms with Crippen molar-refractivity contribution in [1.29, 1.82) is 0 Å². The van der Waals surface area contributed by atoms with Crippen LogP contribution in [0.4, 0.5) is 11.6 Å². The summed E-state index contributed by atoms with van der Waals surface area (Å²) in [6.45, 7) is 6.63. The Kier molecular flexibility index (Phi) is 4.52. The second kappa shape index (κ2) is 5.68. The lowest BCUT2D eigenvalue weighted by Gasteiger charge is -2.32. The van der Waals surface area contributed by atoms with Gasteiger partial charge in [0.15, 0.2) is 0 Å². The zero-order valence-corrected chi connectivity index (χ0v) is 10.7. The summed E-state index contributed by atoms with van der Waals surface area (Å²) in [4.78, 5) is 8.36. The molecule has 16 heavy (non-hydrogen) atoms. The first kappa shape index (κ1) is 12.7. The highest BCUT2D eigenvalue weighted by molar-refractivity contribution is 5.47. The lowest BCUT2D eigenvalue weighted by Crippen LogP contribution is -2.36. The van der Waals surface area contributed by atoms with Gasteiger partial charge in [-0.3, -0.25) is 0 Å². The van der Waals surface area contributed by atoms with Crippen LogP contribution >= 0.6 is 0 Å². The van der Waals surface area contributed by atoms with Crippen LogP contribution in [-0.4, -0.2) is 22.6 Å². The van der Waals surface area contributed by atoms with Crippen molar-refractivity contribution in [3.63, 3.8) is 0 Å². The molecule has 1 aromatic rings. The number of rotatable bonds is 6. The topological polar surface area (TPSA) is 49.8 Å². The van der Waals surface area contributed by atoms with Crippen LogP contribution in [0.15, 0.2) is 12.4 Å². The molecule has 4 nitrogen and oxygen atoms in total. The summed E-state index contributed by atoms with van der Waals surface area (Å²) in [6, 6.07) is 1.94. The smallest absolute Gasteiger partial charge is 0.131 e. The molecule has 0 radical (unpaired) electrons. The molecule has 4 heteroatoms. The molecular weight excluding hydrogens is 200 g/mol. The fraction of sp³-hybridized carbons (Fsp3) is 0.667. The van der Waals surface area contributed by atoms with E-state index >= 15 is 0 Å². The van der Waals surface area contributed by atoms with Crippen molar-refractivity contribution < 1.29 is 0 Å². The first-order valence-electron chi connectivity index (χ1n) is 5.97. The molecule has 0 fully saturated rings. The zero-order chi connectivity index (χ0) is 12.0. The molecule has 0 saturated carbocycles. The van der Waals surface area contributed by atoms with Crippen LogP contribution in [0.5, 0.6) is 0 Å². The first-order valence-corrected chi connectivity index (χ1v) is 5.97. The standard InChI is InChI=1S/C12H22N4/c1-5-12(6-2,7-3)16-11-8-10(13-4)14-9-15-11/h8-9H,5-7H2,1-4H3,(H2,13,14,15,16). The predicted octanol–water partition coefficient (Wildman–Crippen LogP) is 2.90. The van der Waals surface area contributed by atoms with Gasteiger partial charge in [-0.05, 0) is 19.3 Å². The highest BCUT2D eigenvalue weighted by atomic mass is 15.1. The number of nitrogens with zero attached hydrogens (tertiary/aromatic N) is 2. The second-order valence-electron chi connectivity index (χ2n) is 4.00. The van der Waals surface area contributed by atoms with Crippen molar-refractivity contribution in [2.75, 3.05) is 17.7 Å². The summed E-state index contributed by atoms with van der Waals surface area (Å²) in [5.74, 6) is 1.74. The third-order valence-corrected chi connectivity index (χ3v) is 3.35. The Hall–Kier alpha value is -1.32. The minimum atomic E-state index is 0.152. The molecule has 0 bridgehead atoms. The van der Waals surface area contributed by atoms with Crippen LogP contribution in [0.1, 0.15) is 40.0 Å². The maximum absolute atomic E-state index is 4.25. The molecule has 1 heterocycles. The average molecular weight is 222 g/mol. The molecule has 1 rings (SSSR count). The van der Waals surface area contributed by atoms with Crippen molar-refractivity contribution >= 4 is 11.6 Å². The van der Waals surface area contributed by atoms with E-state index in [-0.39, 0.29) is 5.54 Å². The van der Waals surface area contributed by atoms with E-state index in [1.165, 1.54) is 0 Å². The molecule has 0 saturated heterocycles. The Morgan fingerprint density at radius 3 is 2.12 bits per heavy atom. The summed E-state index contributed by atoms with van der Waals surface area (Å²) in [6.07, 6.45) is 4.87. The number of anilines is 2. The lowest BCUT2D eigenvalue weighted by atomic mass is 9.90. The number of aromatic nitrogens is 2. The number of hydrogen-bond acceptors (Lipinski definition) is 4. The maximum atomic E-state index is 4.25. The van der Waals surface area contributed by atoms with Crippen LogP contribution in [0.25, 0.3) is 0 Å². The maximum Gasteiger partial charge on any atom is 0.131 e. The highest BCUT2D eigenvalue weighted by Crippen LogP contribution is 2.24. The SMILES string of the molecule is CCC(CC)(CC)Nc1cc(NC)ncn1. The van der Waals surface area contributed by atoms with Crippen LogP contribution in [0.3, 0.4) is 0 Å². The largest absolute Gasteiger partial charge is 0.373 e. The zero-order valence-electron chi connectivity index (χ0n) is 10.7. The fourth-order valence-corrected chi connectivity index (χ4v) is 1.85. The van der Waals surface area contributed by atoms with Crippen LogP contribution in [0, 0.1) is 0 Å². The van der Waals surface area contributed by atoms with Crippen molar-refractivity contribution in [2.45, 2.75) is 45.6 Å². The summed E-state index contributed by atoms with van der Waals surface area (Å²) in [5.41, 5.74) is 0.152. The molecule has 0 amide bonds. The highest BCUT2D eigenvalue weighted by Gasteiger charge is 2.23. The van der Waals surface area contributed by atoms with Crippen molar-refractivity contribution in [3.05, 3.63) is 12.4 Å². The summed E-state index contributed by atoms with van der Waals surface area (Å²) < 4.78 is 0. The molecule has 0 aliphatic rings. The predicted molar refractivity (Wildman–Crippen MR) is 68.8 cm³/mol. The molecular formula is C12H22N4. The van der Waals surface area contributed by atoms with Gasteiger partial charge in [0.2, 0.25) is 0 Å². The number of nitrogens with one attached hydrogen (secondary N) is 2. The van der Waals surface area contributed by atoms with Gasteiger partial charge in [-0.2, -0.15) is 0 Å². The Balaban J connectivity index is 2.84. The summed E-state index contributed by atoms with van der Waals surface area (Å²) >= 11 is 0. The molecule has 0 spiro atoms. The van der Waals surface area contributed by atoms with Gasteiger partial charge < -0.3 is 10.6 Å². The Morgan fingerprint density at radius 1 is 1.06 bits per heavy atom. The third kappa shape index (κ3) is 2.84. The van der Waals surface area contributed by atoms with Crippen molar-refractivity contribution in [3.8, 4) is 0 Å². The molecule has 90 valence electrons. The first-order chi connectivity index (χ1) is 7.69. The Labute approximate surface area is 97.9 Å². The number of hydrogen-bond donors (Lipinski definition) is 2. The second-order valence-corrected chi connectivity index (χ2v) is 4.00. The van der Waals surface area contributed by atoms with Gasteiger partial charge in [0.1, 0.15) is 18.0 Å². The molecule has 0 aliphatic carbocycles. The Morgan fingerprint density at radius 2 is 1.62 bits per heavy atom. The van der Waals surface area contributed by atoms with E-state index in [2.05, 4.69) is 41.4 Å².